The number of aromatic nitrogens is 3. The number of benzene rings is 1. The molecule has 1 N–H and O–H groups in total. The smallest absolute Gasteiger partial charge is 0.339 e. The summed E-state index contributed by atoms with van der Waals surface area (Å²) < 4.78 is 7.21. The highest BCUT2D eigenvalue weighted by atomic mass is 16.5. The van der Waals surface area contributed by atoms with Gasteiger partial charge in [-0.1, -0.05) is 26.0 Å². The molecule has 3 aromatic rings. The molecule has 0 fully saturated rings. The van der Waals surface area contributed by atoms with Gasteiger partial charge in [-0.2, -0.15) is 10.4 Å². The maximum absolute atomic E-state index is 13.0. The molecule has 1 aromatic carbocycles. The fourth-order valence-electron chi connectivity index (χ4n) is 3.08. The number of fused-ring (bicyclic) bond motifs is 1. The maximum Gasteiger partial charge on any atom is 0.339 e. The van der Waals surface area contributed by atoms with Crippen molar-refractivity contribution in [2.75, 3.05) is 5.32 Å². The molecule has 0 spiro atoms. The van der Waals surface area contributed by atoms with Crippen molar-refractivity contribution in [3.8, 4) is 6.07 Å². The molecule has 0 radical (unpaired) electrons. The Morgan fingerprint density at radius 1 is 1.16 bits per heavy atom. The third kappa shape index (κ3) is 4.56. The summed E-state index contributed by atoms with van der Waals surface area (Å²) in [5.41, 5.74) is 2.35. The topological polar surface area (TPSA) is 110 Å². The Morgan fingerprint density at radius 3 is 2.52 bits per heavy atom. The van der Waals surface area contributed by atoms with Crippen LogP contribution in [0.1, 0.15) is 68.2 Å². The number of ether oxygens (including phenoxy) is 1. The van der Waals surface area contributed by atoms with E-state index >= 15 is 0 Å². The van der Waals surface area contributed by atoms with E-state index in [-0.39, 0.29) is 12.0 Å². The molecule has 1 amide bonds. The minimum absolute atomic E-state index is 0.0705. The molecule has 8 heteroatoms. The molecule has 3 rings (SSSR count). The van der Waals surface area contributed by atoms with Crippen LogP contribution in [0, 0.1) is 11.3 Å². The summed E-state index contributed by atoms with van der Waals surface area (Å²) in [5, 5.41) is 16.8. The van der Waals surface area contributed by atoms with Gasteiger partial charge < -0.3 is 10.1 Å². The third-order valence-corrected chi connectivity index (χ3v) is 4.85. The summed E-state index contributed by atoms with van der Waals surface area (Å²) in [6.07, 6.45) is 0.529. The molecule has 2 heterocycles. The molecule has 0 bridgehead atoms. The number of nitrogens with one attached hydrogen (secondary N) is 1. The predicted octanol–water partition coefficient (Wildman–Crippen LogP) is 4.19. The van der Waals surface area contributed by atoms with Crippen LogP contribution in [-0.2, 0) is 9.53 Å². The van der Waals surface area contributed by atoms with E-state index in [0.29, 0.717) is 27.8 Å². The van der Waals surface area contributed by atoms with Crippen LogP contribution in [0.5, 0.6) is 0 Å². The second-order valence-electron chi connectivity index (χ2n) is 7.86. The van der Waals surface area contributed by atoms with Gasteiger partial charge in [-0.3, -0.25) is 4.79 Å². The Hall–Kier alpha value is -3.73. The quantitative estimate of drug-likeness (QED) is 0.600. The van der Waals surface area contributed by atoms with Crippen LogP contribution >= 0.6 is 0 Å². The minimum atomic E-state index is -1.06. The van der Waals surface area contributed by atoms with Crippen molar-refractivity contribution >= 4 is 28.6 Å². The van der Waals surface area contributed by atoms with Gasteiger partial charge in [0.2, 0.25) is 0 Å². The number of esters is 1. The van der Waals surface area contributed by atoms with Crippen LogP contribution in [0.15, 0.2) is 36.5 Å². The summed E-state index contributed by atoms with van der Waals surface area (Å²) in [7, 11) is 0. The SMILES string of the molecule is CC(C)c1cc(C(=O)O[C@@H](C)C(=O)Nc2ccccc2C#N)c2cnn(C(C)C)c2n1. The predicted molar refractivity (Wildman–Crippen MR) is 117 cm³/mol. The Kier molecular flexibility index (Phi) is 6.35. The van der Waals surface area contributed by atoms with Crippen LogP contribution in [-0.4, -0.2) is 32.7 Å². The first kappa shape index (κ1) is 22.0. The van der Waals surface area contributed by atoms with Gasteiger partial charge in [0.1, 0.15) is 6.07 Å². The molecular weight excluding hydrogens is 394 g/mol. The Bertz CT molecular complexity index is 1170. The average molecular weight is 419 g/mol. The number of carbonyl (C=O) groups is 2. The molecule has 2 aromatic heterocycles. The number of amides is 1. The van der Waals surface area contributed by atoms with Crippen LogP contribution < -0.4 is 5.32 Å². The van der Waals surface area contributed by atoms with Gasteiger partial charge in [0.05, 0.1) is 28.4 Å². The van der Waals surface area contributed by atoms with Crippen LogP contribution in [0.2, 0.25) is 0 Å². The first-order chi connectivity index (χ1) is 14.7. The molecular formula is C23H25N5O3. The van der Waals surface area contributed by atoms with Crippen molar-refractivity contribution in [3.63, 3.8) is 0 Å². The Balaban J connectivity index is 1.87. The lowest BCUT2D eigenvalue weighted by Gasteiger charge is -2.16. The van der Waals surface area contributed by atoms with Crippen molar-refractivity contribution in [2.45, 2.75) is 52.7 Å². The zero-order valence-corrected chi connectivity index (χ0v) is 18.2. The van der Waals surface area contributed by atoms with Crippen molar-refractivity contribution in [1.29, 1.82) is 5.26 Å². The molecule has 8 nitrogen and oxygen atoms in total. The van der Waals surface area contributed by atoms with E-state index in [1.165, 1.54) is 6.92 Å². The van der Waals surface area contributed by atoms with Crippen LogP contribution in [0.3, 0.4) is 0 Å². The zero-order valence-electron chi connectivity index (χ0n) is 18.2. The second kappa shape index (κ2) is 8.96. The fraction of sp³-hybridized carbons (Fsp3) is 0.348. The van der Waals surface area contributed by atoms with Gasteiger partial charge in [-0.15, -0.1) is 0 Å². The zero-order chi connectivity index (χ0) is 22.7. The number of rotatable bonds is 6. The van der Waals surface area contributed by atoms with Gasteiger partial charge >= 0.3 is 5.97 Å². The van der Waals surface area contributed by atoms with E-state index in [0.717, 1.165) is 5.69 Å². The summed E-state index contributed by atoms with van der Waals surface area (Å²) in [5.74, 6) is -1.06. The Morgan fingerprint density at radius 2 is 1.87 bits per heavy atom. The van der Waals surface area contributed by atoms with Crippen LogP contribution in [0.4, 0.5) is 5.69 Å². The summed E-state index contributed by atoms with van der Waals surface area (Å²) in [6.45, 7) is 9.44. The van der Waals surface area contributed by atoms with E-state index in [1.54, 1.807) is 41.2 Å². The van der Waals surface area contributed by atoms with Gasteiger partial charge in [0.25, 0.3) is 5.91 Å². The van der Waals surface area contributed by atoms with E-state index in [2.05, 4.69) is 15.4 Å². The number of pyridine rings is 1. The first-order valence-corrected chi connectivity index (χ1v) is 10.1. The average Bonchev–Trinajstić information content (AvgIpc) is 3.17. The normalized spacial score (nSPS) is 12.1. The highest BCUT2D eigenvalue weighted by molar-refractivity contribution is 6.04. The van der Waals surface area contributed by atoms with Crippen LogP contribution in [0.25, 0.3) is 11.0 Å². The number of nitriles is 1. The third-order valence-electron chi connectivity index (χ3n) is 4.85. The Labute approximate surface area is 180 Å². The number of nitrogens with zero attached hydrogens (tertiary/aromatic N) is 4. The van der Waals surface area contributed by atoms with Crippen molar-refractivity contribution in [1.82, 2.24) is 14.8 Å². The molecule has 0 aliphatic carbocycles. The minimum Gasteiger partial charge on any atom is -0.449 e. The molecule has 0 aliphatic heterocycles. The van der Waals surface area contributed by atoms with E-state index in [4.69, 9.17) is 4.74 Å². The van der Waals surface area contributed by atoms with Gasteiger partial charge in [0.15, 0.2) is 11.8 Å². The van der Waals surface area contributed by atoms with E-state index in [9.17, 15) is 14.9 Å². The van der Waals surface area contributed by atoms with Gasteiger partial charge in [-0.05, 0) is 44.9 Å². The summed E-state index contributed by atoms with van der Waals surface area (Å²) in [6, 6.07) is 10.4. The van der Waals surface area contributed by atoms with Gasteiger partial charge in [-0.25, -0.2) is 14.5 Å². The lowest BCUT2D eigenvalue weighted by molar-refractivity contribution is -0.123. The number of anilines is 1. The van der Waals surface area contributed by atoms with Gasteiger partial charge in [0, 0.05) is 11.7 Å². The monoisotopic (exact) mass is 419 g/mol. The van der Waals surface area contributed by atoms with Crippen molar-refractivity contribution in [3.05, 3.63) is 53.3 Å². The molecule has 160 valence electrons. The number of para-hydroxylation sites is 1. The lowest BCUT2D eigenvalue weighted by Crippen LogP contribution is -2.30. The molecule has 0 saturated carbocycles. The van der Waals surface area contributed by atoms with E-state index < -0.39 is 18.0 Å². The molecule has 31 heavy (non-hydrogen) atoms. The molecule has 0 saturated heterocycles. The number of hydrogen-bond acceptors (Lipinski definition) is 6. The fourth-order valence-corrected chi connectivity index (χ4v) is 3.08. The van der Waals surface area contributed by atoms with Crippen molar-refractivity contribution in [2.24, 2.45) is 0 Å². The highest BCUT2D eigenvalue weighted by Gasteiger charge is 2.24. The summed E-state index contributed by atoms with van der Waals surface area (Å²) >= 11 is 0. The highest BCUT2D eigenvalue weighted by Crippen LogP contribution is 2.25. The van der Waals surface area contributed by atoms with E-state index in [1.807, 2.05) is 33.8 Å². The molecule has 0 unspecified atom stereocenters. The van der Waals surface area contributed by atoms with Crippen molar-refractivity contribution < 1.29 is 14.3 Å². The molecule has 1 atom stereocenters. The molecule has 0 aliphatic rings. The second-order valence-corrected chi connectivity index (χ2v) is 7.86. The standard InChI is InChI=1S/C23H25N5O3/c1-13(2)20-10-17(18-12-25-28(14(3)4)21(18)26-20)23(30)31-15(5)22(29)27-19-9-7-6-8-16(19)11-24/h6-10,12-15H,1-5H3,(H,27,29)/t15-/m0/s1. The number of carbonyl (C=O) groups excluding carboxylic acids is 2. The number of hydrogen-bond donors (Lipinski definition) is 1. The largest absolute Gasteiger partial charge is 0.449 e. The lowest BCUT2D eigenvalue weighted by atomic mass is 10.1. The first-order valence-electron chi connectivity index (χ1n) is 10.1. The summed E-state index contributed by atoms with van der Waals surface area (Å²) in [4.78, 5) is 30.2. The maximum atomic E-state index is 13.0.